The summed E-state index contributed by atoms with van der Waals surface area (Å²) in [7, 11) is 0. The Morgan fingerprint density at radius 1 is 1.24 bits per heavy atom. The second-order valence-electron chi connectivity index (χ2n) is 5.81. The van der Waals surface area contributed by atoms with Crippen molar-refractivity contribution in [2.45, 2.75) is 26.2 Å². The zero-order valence-electron chi connectivity index (χ0n) is 12.2. The van der Waals surface area contributed by atoms with Crippen molar-refractivity contribution in [1.29, 1.82) is 0 Å². The van der Waals surface area contributed by atoms with Crippen molar-refractivity contribution in [1.82, 2.24) is 4.98 Å². The van der Waals surface area contributed by atoms with Crippen LogP contribution in [0.1, 0.15) is 26.2 Å². The maximum Gasteiger partial charge on any atom is 0.278 e. The predicted molar refractivity (Wildman–Crippen MR) is 83.6 cm³/mol. The summed E-state index contributed by atoms with van der Waals surface area (Å²) in [4.78, 5) is 17.2. The van der Waals surface area contributed by atoms with Crippen LogP contribution in [-0.2, 0) is 0 Å². The third kappa shape index (κ3) is 2.68. The average molecular weight is 285 g/mol. The Morgan fingerprint density at radius 2 is 2.10 bits per heavy atom. The summed E-state index contributed by atoms with van der Waals surface area (Å²) in [5.41, 5.74) is 1.22. The van der Waals surface area contributed by atoms with Gasteiger partial charge in [-0.2, -0.15) is 0 Å². The fraction of sp³-hybridized carbons (Fsp3) is 0.438. The van der Waals surface area contributed by atoms with E-state index in [1.165, 1.54) is 19.3 Å². The number of non-ortho nitro benzene ring substituents is 1. The number of pyridine rings is 1. The monoisotopic (exact) mass is 285 g/mol. The molecule has 5 nitrogen and oxygen atoms in total. The van der Waals surface area contributed by atoms with E-state index in [1.54, 1.807) is 18.5 Å². The van der Waals surface area contributed by atoms with Gasteiger partial charge in [0.2, 0.25) is 0 Å². The smallest absolute Gasteiger partial charge is 0.278 e. The van der Waals surface area contributed by atoms with E-state index in [1.807, 2.05) is 12.1 Å². The van der Waals surface area contributed by atoms with Crippen LogP contribution in [0.4, 0.5) is 11.4 Å². The quantitative estimate of drug-likeness (QED) is 0.622. The first kappa shape index (κ1) is 13.8. The van der Waals surface area contributed by atoms with E-state index in [9.17, 15) is 10.1 Å². The minimum absolute atomic E-state index is 0.130. The maximum absolute atomic E-state index is 11.2. The molecular weight excluding hydrogens is 266 g/mol. The van der Waals surface area contributed by atoms with Crippen LogP contribution in [0, 0.1) is 16.0 Å². The third-order valence-corrected chi connectivity index (χ3v) is 4.33. The van der Waals surface area contributed by atoms with Crippen molar-refractivity contribution in [3.8, 4) is 0 Å². The zero-order chi connectivity index (χ0) is 14.8. The molecule has 0 saturated carbocycles. The van der Waals surface area contributed by atoms with Crippen LogP contribution >= 0.6 is 0 Å². The van der Waals surface area contributed by atoms with Gasteiger partial charge in [0.25, 0.3) is 5.69 Å². The number of benzene rings is 1. The number of anilines is 1. The number of aromatic nitrogens is 1. The van der Waals surface area contributed by atoms with Crippen LogP contribution in [0.3, 0.4) is 0 Å². The zero-order valence-corrected chi connectivity index (χ0v) is 12.2. The normalized spacial score (nSPS) is 19.5. The van der Waals surface area contributed by atoms with Crippen molar-refractivity contribution < 1.29 is 4.92 Å². The maximum atomic E-state index is 11.2. The van der Waals surface area contributed by atoms with E-state index in [0.29, 0.717) is 5.39 Å². The Kier molecular flexibility index (Phi) is 3.73. The molecule has 0 spiro atoms. The van der Waals surface area contributed by atoms with E-state index in [4.69, 9.17) is 0 Å². The summed E-state index contributed by atoms with van der Waals surface area (Å²) < 4.78 is 0. The Labute approximate surface area is 123 Å². The van der Waals surface area contributed by atoms with Gasteiger partial charge in [0.1, 0.15) is 0 Å². The molecule has 1 unspecified atom stereocenters. The fourth-order valence-corrected chi connectivity index (χ4v) is 3.10. The van der Waals surface area contributed by atoms with Gasteiger partial charge in [-0.15, -0.1) is 0 Å². The molecule has 1 atom stereocenters. The van der Waals surface area contributed by atoms with Crippen molar-refractivity contribution >= 4 is 22.1 Å². The molecule has 1 aliphatic rings. The minimum Gasteiger partial charge on any atom is -0.371 e. The number of nitrogens with zero attached hydrogens (tertiary/aromatic N) is 3. The lowest BCUT2D eigenvalue weighted by molar-refractivity contribution is -0.383. The molecule has 3 rings (SSSR count). The summed E-state index contributed by atoms with van der Waals surface area (Å²) in [5, 5.41) is 12.7. The number of hydrogen-bond acceptors (Lipinski definition) is 4. The number of hydrogen-bond donors (Lipinski definition) is 0. The molecule has 2 heterocycles. The molecule has 21 heavy (non-hydrogen) atoms. The molecule has 1 saturated heterocycles. The van der Waals surface area contributed by atoms with Crippen LogP contribution in [-0.4, -0.2) is 23.0 Å². The van der Waals surface area contributed by atoms with Crippen molar-refractivity contribution in [2.75, 3.05) is 18.0 Å². The summed E-state index contributed by atoms with van der Waals surface area (Å²) in [6.45, 7) is 4.32. The Hall–Kier alpha value is -2.17. The molecule has 1 fully saturated rings. The minimum atomic E-state index is -0.335. The molecule has 0 bridgehead atoms. The first-order valence-corrected chi connectivity index (χ1v) is 7.43. The summed E-state index contributed by atoms with van der Waals surface area (Å²) in [6, 6.07) is 5.37. The second kappa shape index (κ2) is 5.68. The van der Waals surface area contributed by atoms with Crippen LogP contribution in [0.15, 0.2) is 30.6 Å². The molecule has 0 radical (unpaired) electrons. The topological polar surface area (TPSA) is 59.3 Å². The van der Waals surface area contributed by atoms with Crippen LogP contribution in [0.2, 0.25) is 0 Å². The molecule has 110 valence electrons. The summed E-state index contributed by atoms with van der Waals surface area (Å²) in [6.07, 6.45) is 6.89. The van der Waals surface area contributed by atoms with E-state index in [-0.39, 0.29) is 10.6 Å². The molecule has 5 heteroatoms. The SMILES string of the molecule is CC1CCCN(c2ccc([N+](=O)[O-])c3cnccc23)CC1. The lowest BCUT2D eigenvalue weighted by atomic mass is 10.0. The van der Waals surface area contributed by atoms with Gasteiger partial charge in [0.15, 0.2) is 0 Å². The van der Waals surface area contributed by atoms with Gasteiger partial charge in [-0.25, -0.2) is 0 Å². The molecule has 1 aromatic carbocycles. The standard InChI is InChI=1S/C16H19N3O2/c1-12-3-2-9-18(10-7-12)15-4-5-16(19(20)21)14-11-17-8-6-13(14)15/h4-6,8,11-12H,2-3,7,9-10H2,1H3. The third-order valence-electron chi connectivity index (χ3n) is 4.33. The fourth-order valence-electron chi connectivity index (χ4n) is 3.10. The van der Waals surface area contributed by atoms with Gasteiger partial charge in [-0.3, -0.25) is 15.1 Å². The van der Waals surface area contributed by atoms with Gasteiger partial charge in [0.05, 0.1) is 10.3 Å². The molecule has 1 aliphatic heterocycles. The molecule has 1 aromatic heterocycles. The number of nitro benzene ring substituents is 1. The molecule has 0 aliphatic carbocycles. The summed E-state index contributed by atoms with van der Waals surface area (Å²) in [5.74, 6) is 0.751. The Balaban J connectivity index is 2.07. The second-order valence-corrected chi connectivity index (χ2v) is 5.81. The van der Waals surface area contributed by atoms with Gasteiger partial charge in [0, 0.05) is 42.6 Å². The molecular formula is C16H19N3O2. The van der Waals surface area contributed by atoms with Gasteiger partial charge < -0.3 is 4.90 Å². The summed E-state index contributed by atoms with van der Waals surface area (Å²) >= 11 is 0. The van der Waals surface area contributed by atoms with E-state index < -0.39 is 0 Å². The molecule has 0 N–H and O–H groups in total. The van der Waals surface area contributed by atoms with Gasteiger partial charge in [-0.1, -0.05) is 6.92 Å². The van der Waals surface area contributed by atoms with Crippen LogP contribution < -0.4 is 4.90 Å². The van der Waals surface area contributed by atoms with E-state index >= 15 is 0 Å². The number of fused-ring (bicyclic) bond motifs is 1. The van der Waals surface area contributed by atoms with Gasteiger partial charge in [-0.05, 0) is 37.3 Å². The average Bonchev–Trinajstić information content (AvgIpc) is 2.70. The van der Waals surface area contributed by atoms with Crippen molar-refractivity contribution in [2.24, 2.45) is 5.92 Å². The van der Waals surface area contributed by atoms with Crippen molar-refractivity contribution in [3.05, 3.63) is 40.7 Å². The highest BCUT2D eigenvalue weighted by Crippen LogP contribution is 2.34. The Morgan fingerprint density at radius 3 is 2.90 bits per heavy atom. The largest absolute Gasteiger partial charge is 0.371 e. The molecule has 0 amide bonds. The van der Waals surface area contributed by atoms with Gasteiger partial charge >= 0.3 is 0 Å². The highest BCUT2D eigenvalue weighted by atomic mass is 16.6. The lowest BCUT2D eigenvalue weighted by Crippen LogP contribution is -2.24. The molecule has 2 aromatic rings. The van der Waals surface area contributed by atoms with Crippen molar-refractivity contribution in [3.63, 3.8) is 0 Å². The number of nitro groups is 1. The highest BCUT2D eigenvalue weighted by molar-refractivity contribution is 5.99. The van der Waals surface area contributed by atoms with E-state index in [2.05, 4.69) is 16.8 Å². The first-order valence-electron chi connectivity index (χ1n) is 7.43. The van der Waals surface area contributed by atoms with Crippen LogP contribution in [0.5, 0.6) is 0 Å². The van der Waals surface area contributed by atoms with Crippen LogP contribution in [0.25, 0.3) is 10.8 Å². The van der Waals surface area contributed by atoms with E-state index in [0.717, 1.165) is 30.1 Å². The Bertz CT molecular complexity index is 672. The number of rotatable bonds is 2. The lowest BCUT2D eigenvalue weighted by Gasteiger charge is -2.24. The first-order chi connectivity index (χ1) is 10.2. The highest BCUT2D eigenvalue weighted by Gasteiger charge is 2.19. The predicted octanol–water partition coefficient (Wildman–Crippen LogP) is 3.77.